The second-order valence-electron chi connectivity index (χ2n) is 7.45. The van der Waals surface area contributed by atoms with Crippen LogP contribution in [-0.4, -0.2) is 60.9 Å². The van der Waals surface area contributed by atoms with Gasteiger partial charge in [-0.25, -0.2) is 0 Å². The van der Waals surface area contributed by atoms with Gasteiger partial charge in [0, 0.05) is 43.2 Å². The molecule has 2 amide bonds. The van der Waals surface area contributed by atoms with Crippen LogP contribution in [0.1, 0.15) is 36.5 Å². The molecule has 0 aromatic heterocycles. The number of carbonyl (C=O) groups is 2. The van der Waals surface area contributed by atoms with Crippen molar-refractivity contribution in [3.63, 3.8) is 0 Å². The molecule has 2 aliphatic heterocycles. The number of rotatable bonds is 4. The lowest BCUT2D eigenvalue weighted by Gasteiger charge is -2.36. The molecule has 2 heterocycles. The summed E-state index contributed by atoms with van der Waals surface area (Å²) in [6.07, 6.45) is 2.94. The normalized spacial score (nSPS) is 19.3. The zero-order chi connectivity index (χ0) is 18.5. The average molecular weight is 414 g/mol. The van der Waals surface area contributed by atoms with E-state index in [0.29, 0.717) is 55.0 Å². The molecule has 1 unspecified atom stereocenters. The van der Waals surface area contributed by atoms with Crippen molar-refractivity contribution < 1.29 is 9.59 Å². The minimum absolute atomic E-state index is 0. The molecule has 2 saturated heterocycles. The molecule has 1 aromatic carbocycles. The van der Waals surface area contributed by atoms with Crippen molar-refractivity contribution in [2.45, 2.75) is 26.2 Å². The first-order chi connectivity index (χ1) is 12.5. The Morgan fingerprint density at radius 2 is 1.78 bits per heavy atom. The highest BCUT2D eigenvalue weighted by molar-refractivity contribution is 6.30. The summed E-state index contributed by atoms with van der Waals surface area (Å²) in [5.74, 6) is 1.29. The molecule has 2 fully saturated rings. The standard InChI is InChI=1S/C20H28ClN3O2.ClH/c1-15(16-5-7-22-8-6-16)13-19(25)23-9-11-24(12-10-23)20(26)17-3-2-4-18(21)14-17;/h2-4,14-16,22H,5-13H2,1H3;1H. The molecule has 150 valence electrons. The van der Waals surface area contributed by atoms with Crippen LogP contribution in [0.3, 0.4) is 0 Å². The number of halogens is 2. The number of hydrogen-bond acceptors (Lipinski definition) is 3. The maximum atomic E-state index is 12.6. The maximum Gasteiger partial charge on any atom is 0.254 e. The third-order valence-corrected chi connectivity index (χ3v) is 5.91. The van der Waals surface area contributed by atoms with Gasteiger partial charge in [-0.2, -0.15) is 0 Å². The van der Waals surface area contributed by atoms with Gasteiger partial charge in [-0.05, 0) is 56.0 Å². The summed E-state index contributed by atoms with van der Waals surface area (Å²) in [5.41, 5.74) is 0.608. The molecular formula is C20H29Cl2N3O2. The molecule has 0 bridgehead atoms. The van der Waals surface area contributed by atoms with E-state index in [2.05, 4.69) is 12.2 Å². The third kappa shape index (κ3) is 5.84. The first-order valence-corrected chi connectivity index (χ1v) is 9.95. The van der Waals surface area contributed by atoms with E-state index in [-0.39, 0.29) is 24.2 Å². The minimum atomic E-state index is -0.0114. The molecule has 0 aliphatic carbocycles. The number of piperazine rings is 1. The predicted molar refractivity (Wildman–Crippen MR) is 111 cm³/mol. The fourth-order valence-corrected chi connectivity index (χ4v) is 4.14. The first-order valence-electron chi connectivity index (χ1n) is 9.58. The number of benzene rings is 1. The molecule has 7 heteroatoms. The Kier molecular flexibility index (Phi) is 8.39. The summed E-state index contributed by atoms with van der Waals surface area (Å²) in [5, 5.41) is 3.94. The topological polar surface area (TPSA) is 52.7 Å². The Balaban J connectivity index is 0.00000261. The van der Waals surface area contributed by atoms with Crippen molar-refractivity contribution in [2.24, 2.45) is 11.8 Å². The Hall–Kier alpha value is -1.30. The molecule has 0 saturated carbocycles. The second kappa shape index (κ2) is 10.3. The van der Waals surface area contributed by atoms with Crippen LogP contribution >= 0.6 is 24.0 Å². The van der Waals surface area contributed by atoms with Crippen LogP contribution in [0.15, 0.2) is 24.3 Å². The monoisotopic (exact) mass is 413 g/mol. The molecule has 0 spiro atoms. The lowest BCUT2D eigenvalue weighted by atomic mass is 9.84. The van der Waals surface area contributed by atoms with Gasteiger partial charge in [-0.1, -0.05) is 24.6 Å². The SMILES string of the molecule is CC(CC(=O)N1CCN(C(=O)c2cccc(Cl)c2)CC1)C1CCNCC1.Cl. The summed E-state index contributed by atoms with van der Waals surface area (Å²) in [6, 6.07) is 7.03. The van der Waals surface area contributed by atoms with E-state index in [1.54, 1.807) is 24.3 Å². The van der Waals surface area contributed by atoms with E-state index in [0.717, 1.165) is 25.9 Å². The predicted octanol–water partition coefficient (Wildman–Crippen LogP) is 3.07. The van der Waals surface area contributed by atoms with Crippen LogP contribution in [-0.2, 0) is 4.79 Å². The second-order valence-corrected chi connectivity index (χ2v) is 7.89. The van der Waals surface area contributed by atoms with Crippen LogP contribution in [0.5, 0.6) is 0 Å². The van der Waals surface area contributed by atoms with Crippen LogP contribution < -0.4 is 5.32 Å². The number of hydrogen-bond donors (Lipinski definition) is 1. The summed E-state index contributed by atoms with van der Waals surface area (Å²) >= 11 is 5.98. The minimum Gasteiger partial charge on any atom is -0.339 e. The molecule has 5 nitrogen and oxygen atoms in total. The Morgan fingerprint density at radius 1 is 1.15 bits per heavy atom. The van der Waals surface area contributed by atoms with E-state index in [9.17, 15) is 9.59 Å². The molecule has 3 rings (SSSR count). The fourth-order valence-electron chi connectivity index (χ4n) is 3.95. The number of amides is 2. The number of nitrogens with zero attached hydrogens (tertiary/aromatic N) is 2. The van der Waals surface area contributed by atoms with Gasteiger partial charge in [0.1, 0.15) is 0 Å². The van der Waals surface area contributed by atoms with Crippen LogP contribution in [0.25, 0.3) is 0 Å². The maximum absolute atomic E-state index is 12.6. The van der Waals surface area contributed by atoms with Crippen molar-refractivity contribution in [1.82, 2.24) is 15.1 Å². The van der Waals surface area contributed by atoms with Gasteiger partial charge in [0.2, 0.25) is 5.91 Å². The van der Waals surface area contributed by atoms with Gasteiger partial charge in [0.25, 0.3) is 5.91 Å². The Bertz CT molecular complexity index is 642. The number of carbonyl (C=O) groups excluding carboxylic acids is 2. The van der Waals surface area contributed by atoms with Crippen molar-refractivity contribution >= 4 is 35.8 Å². The summed E-state index contributed by atoms with van der Waals surface area (Å²) in [4.78, 5) is 28.9. The van der Waals surface area contributed by atoms with Gasteiger partial charge in [0.05, 0.1) is 0 Å². The highest BCUT2D eigenvalue weighted by Gasteiger charge is 2.28. The zero-order valence-electron chi connectivity index (χ0n) is 15.8. The van der Waals surface area contributed by atoms with Crippen LogP contribution in [0.4, 0.5) is 0 Å². The molecule has 0 radical (unpaired) electrons. The summed E-state index contributed by atoms with van der Waals surface area (Å²) in [7, 11) is 0. The summed E-state index contributed by atoms with van der Waals surface area (Å²) in [6.45, 7) is 6.72. The molecule has 27 heavy (non-hydrogen) atoms. The lowest BCUT2D eigenvalue weighted by Crippen LogP contribution is -2.51. The van der Waals surface area contributed by atoms with E-state index in [1.165, 1.54) is 0 Å². The van der Waals surface area contributed by atoms with Crippen molar-refractivity contribution in [1.29, 1.82) is 0 Å². The van der Waals surface area contributed by atoms with Gasteiger partial charge in [0.15, 0.2) is 0 Å². The van der Waals surface area contributed by atoms with Crippen molar-refractivity contribution in [3.8, 4) is 0 Å². The van der Waals surface area contributed by atoms with Crippen LogP contribution in [0.2, 0.25) is 5.02 Å². The van der Waals surface area contributed by atoms with Gasteiger partial charge >= 0.3 is 0 Å². The molecule has 1 aromatic rings. The quantitative estimate of drug-likeness (QED) is 0.824. The highest BCUT2D eigenvalue weighted by atomic mass is 35.5. The molecular weight excluding hydrogens is 385 g/mol. The lowest BCUT2D eigenvalue weighted by molar-refractivity contribution is -0.134. The molecule has 1 N–H and O–H groups in total. The zero-order valence-corrected chi connectivity index (χ0v) is 17.4. The van der Waals surface area contributed by atoms with Gasteiger partial charge < -0.3 is 15.1 Å². The first kappa shape index (κ1) is 22.0. The third-order valence-electron chi connectivity index (χ3n) is 5.68. The molecule has 1 atom stereocenters. The number of nitrogens with one attached hydrogen (secondary N) is 1. The Morgan fingerprint density at radius 3 is 2.41 bits per heavy atom. The smallest absolute Gasteiger partial charge is 0.254 e. The largest absolute Gasteiger partial charge is 0.339 e. The van der Waals surface area contributed by atoms with Crippen LogP contribution in [0, 0.1) is 11.8 Å². The van der Waals surface area contributed by atoms with E-state index in [1.807, 2.05) is 9.80 Å². The fraction of sp³-hybridized carbons (Fsp3) is 0.600. The van der Waals surface area contributed by atoms with Gasteiger partial charge in [-0.3, -0.25) is 9.59 Å². The van der Waals surface area contributed by atoms with E-state index < -0.39 is 0 Å². The summed E-state index contributed by atoms with van der Waals surface area (Å²) < 4.78 is 0. The molecule has 2 aliphatic rings. The Labute approximate surface area is 172 Å². The average Bonchev–Trinajstić information content (AvgIpc) is 2.68. The van der Waals surface area contributed by atoms with E-state index in [4.69, 9.17) is 11.6 Å². The van der Waals surface area contributed by atoms with Crippen molar-refractivity contribution in [3.05, 3.63) is 34.9 Å². The number of piperidine rings is 1. The highest BCUT2D eigenvalue weighted by Crippen LogP contribution is 2.25. The van der Waals surface area contributed by atoms with E-state index >= 15 is 0 Å². The van der Waals surface area contributed by atoms with Crippen molar-refractivity contribution in [2.75, 3.05) is 39.3 Å². The van der Waals surface area contributed by atoms with Gasteiger partial charge in [-0.15, -0.1) is 12.4 Å².